The van der Waals surface area contributed by atoms with Crippen LogP contribution in [0.25, 0.3) is 0 Å². The Bertz CT molecular complexity index is 274. The molecular formula is C12H19NO2. The lowest BCUT2D eigenvalue weighted by Crippen LogP contribution is -2.47. The highest BCUT2D eigenvalue weighted by atomic mass is 16.2. The van der Waals surface area contributed by atoms with E-state index in [4.69, 9.17) is 0 Å². The maximum absolute atomic E-state index is 11.5. The van der Waals surface area contributed by atoms with Gasteiger partial charge in [0.25, 0.3) is 11.8 Å². The molecule has 2 amide bonds. The van der Waals surface area contributed by atoms with Gasteiger partial charge in [-0.25, -0.2) is 0 Å². The van der Waals surface area contributed by atoms with Crippen molar-refractivity contribution in [2.24, 2.45) is 0 Å². The fourth-order valence-electron chi connectivity index (χ4n) is 1.92. The Labute approximate surface area is 91.1 Å². The van der Waals surface area contributed by atoms with E-state index >= 15 is 0 Å². The third-order valence-electron chi connectivity index (χ3n) is 2.81. The van der Waals surface area contributed by atoms with Gasteiger partial charge in [-0.05, 0) is 20.3 Å². The van der Waals surface area contributed by atoms with Crippen LogP contribution in [-0.4, -0.2) is 22.3 Å². The molecule has 0 unspecified atom stereocenters. The van der Waals surface area contributed by atoms with Crippen LogP contribution in [0.5, 0.6) is 0 Å². The van der Waals surface area contributed by atoms with Crippen molar-refractivity contribution in [2.45, 2.75) is 52.0 Å². The lowest BCUT2D eigenvalue weighted by Gasteiger charge is -2.33. The zero-order chi connectivity index (χ0) is 11.5. The highest BCUT2D eigenvalue weighted by molar-refractivity contribution is 6.13. The maximum atomic E-state index is 11.5. The molecular weight excluding hydrogens is 190 g/mol. The van der Waals surface area contributed by atoms with Crippen molar-refractivity contribution < 1.29 is 9.59 Å². The van der Waals surface area contributed by atoms with Crippen LogP contribution in [0.3, 0.4) is 0 Å². The van der Waals surface area contributed by atoms with Crippen molar-refractivity contribution in [3.05, 3.63) is 12.2 Å². The van der Waals surface area contributed by atoms with Crippen molar-refractivity contribution in [1.82, 2.24) is 4.90 Å². The van der Waals surface area contributed by atoms with Crippen LogP contribution in [0, 0.1) is 0 Å². The number of rotatable bonds is 5. The maximum Gasteiger partial charge on any atom is 0.254 e. The second kappa shape index (κ2) is 4.60. The molecule has 0 aliphatic carbocycles. The standard InChI is InChI=1S/C12H19NO2/c1-4-5-6-9-12(2,3)13-10(14)7-8-11(13)15/h7-8H,4-6,9H2,1-3H3. The Balaban J connectivity index is 2.60. The highest BCUT2D eigenvalue weighted by Gasteiger charge is 2.36. The molecule has 1 aliphatic heterocycles. The fraction of sp³-hybridized carbons (Fsp3) is 0.667. The zero-order valence-electron chi connectivity index (χ0n) is 9.75. The van der Waals surface area contributed by atoms with E-state index in [0.29, 0.717) is 0 Å². The summed E-state index contributed by atoms with van der Waals surface area (Å²) in [5, 5.41) is 0. The Morgan fingerprint density at radius 1 is 1.13 bits per heavy atom. The predicted molar refractivity (Wildman–Crippen MR) is 59.2 cm³/mol. The topological polar surface area (TPSA) is 37.4 Å². The number of imide groups is 1. The summed E-state index contributed by atoms with van der Waals surface area (Å²) in [7, 11) is 0. The molecule has 15 heavy (non-hydrogen) atoms. The van der Waals surface area contributed by atoms with Gasteiger partial charge in [-0.1, -0.05) is 26.2 Å². The molecule has 0 atom stereocenters. The second-order valence-electron chi connectivity index (χ2n) is 4.61. The number of carbonyl (C=O) groups is 2. The molecule has 84 valence electrons. The molecule has 1 heterocycles. The van der Waals surface area contributed by atoms with E-state index in [9.17, 15) is 9.59 Å². The molecule has 0 spiro atoms. The van der Waals surface area contributed by atoms with Gasteiger partial charge in [0.2, 0.25) is 0 Å². The first-order valence-electron chi connectivity index (χ1n) is 5.55. The molecule has 0 N–H and O–H groups in total. The Kier molecular flexibility index (Phi) is 3.66. The van der Waals surface area contributed by atoms with Crippen LogP contribution in [0.15, 0.2) is 12.2 Å². The van der Waals surface area contributed by atoms with E-state index in [-0.39, 0.29) is 17.4 Å². The summed E-state index contributed by atoms with van der Waals surface area (Å²) in [5.74, 6) is -0.358. The first kappa shape index (κ1) is 12.0. The van der Waals surface area contributed by atoms with Crippen LogP contribution < -0.4 is 0 Å². The van der Waals surface area contributed by atoms with E-state index < -0.39 is 0 Å². The SMILES string of the molecule is CCCCCC(C)(C)N1C(=O)C=CC1=O. The van der Waals surface area contributed by atoms with Gasteiger partial charge in [0.05, 0.1) is 0 Å². The normalized spacial score (nSPS) is 16.6. The summed E-state index contributed by atoms with van der Waals surface area (Å²) >= 11 is 0. The van der Waals surface area contributed by atoms with Crippen molar-refractivity contribution >= 4 is 11.8 Å². The largest absolute Gasteiger partial charge is 0.270 e. The van der Waals surface area contributed by atoms with Gasteiger partial charge in [-0.2, -0.15) is 0 Å². The summed E-state index contributed by atoms with van der Waals surface area (Å²) in [6.07, 6.45) is 6.93. The first-order chi connectivity index (χ1) is 6.99. The van der Waals surface area contributed by atoms with Gasteiger partial charge in [0.15, 0.2) is 0 Å². The van der Waals surface area contributed by atoms with E-state index in [0.717, 1.165) is 25.7 Å². The lowest BCUT2D eigenvalue weighted by atomic mass is 9.94. The number of hydrogen-bond donors (Lipinski definition) is 0. The minimum absolute atomic E-state index is 0.179. The summed E-state index contributed by atoms with van der Waals surface area (Å²) in [6, 6.07) is 0. The molecule has 3 heteroatoms. The van der Waals surface area contributed by atoms with E-state index in [1.165, 1.54) is 17.1 Å². The zero-order valence-corrected chi connectivity index (χ0v) is 9.75. The number of unbranched alkanes of at least 4 members (excludes halogenated alkanes) is 2. The smallest absolute Gasteiger partial charge is 0.254 e. The van der Waals surface area contributed by atoms with E-state index in [2.05, 4.69) is 6.92 Å². The number of amides is 2. The highest BCUT2D eigenvalue weighted by Crippen LogP contribution is 2.25. The van der Waals surface area contributed by atoms with Crippen LogP contribution >= 0.6 is 0 Å². The molecule has 0 bridgehead atoms. The molecule has 0 fully saturated rings. The summed E-state index contributed by atoms with van der Waals surface area (Å²) in [5.41, 5.74) is -0.354. The van der Waals surface area contributed by atoms with Crippen LogP contribution in [0.4, 0.5) is 0 Å². The molecule has 1 aliphatic rings. The lowest BCUT2D eigenvalue weighted by molar-refractivity contribution is -0.143. The number of carbonyl (C=O) groups excluding carboxylic acids is 2. The van der Waals surface area contributed by atoms with E-state index in [1.807, 2.05) is 13.8 Å². The average molecular weight is 209 g/mol. The quantitative estimate of drug-likeness (QED) is 0.514. The van der Waals surface area contributed by atoms with Crippen LogP contribution in [0.2, 0.25) is 0 Å². The molecule has 0 aromatic carbocycles. The molecule has 0 radical (unpaired) electrons. The third kappa shape index (κ3) is 2.67. The molecule has 0 aromatic rings. The minimum Gasteiger partial charge on any atom is -0.270 e. The molecule has 0 saturated carbocycles. The van der Waals surface area contributed by atoms with Gasteiger partial charge in [0.1, 0.15) is 0 Å². The van der Waals surface area contributed by atoms with Crippen molar-refractivity contribution in [2.75, 3.05) is 0 Å². The fourth-order valence-corrected chi connectivity index (χ4v) is 1.92. The first-order valence-corrected chi connectivity index (χ1v) is 5.55. The van der Waals surface area contributed by atoms with Crippen molar-refractivity contribution in [3.8, 4) is 0 Å². The Morgan fingerprint density at radius 3 is 2.13 bits per heavy atom. The van der Waals surface area contributed by atoms with Crippen molar-refractivity contribution in [1.29, 1.82) is 0 Å². The Hall–Kier alpha value is -1.12. The summed E-state index contributed by atoms with van der Waals surface area (Å²) < 4.78 is 0. The summed E-state index contributed by atoms with van der Waals surface area (Å²) in [4.78, 5) is 24.3. The van der Waals surface area contributed by atoms with Gasteiger partial charge in [-0.3, -0.25) is 14.5 Å². The monoisotopic (exact) mass is 209 g/mol. The third-order valence-corrected chi connectivity index (χ3v) is 2.81. The van der Waals surface area contributed by atoms with Crippen molar-refractivity contribution in [3.63, 3.8) is 0 Å². The summed E-state index contributed by atoms with van der Waals surface area (Å²) in [6.45, 7) is 6.04. The van der Waals surface area contributed by atoms with Crippen LogP contribution in [-0.2, 0) is 9.59 Å². The molecule has 0 saturated heterocycles. The molecule has 1 rings (SSSR count). The Morgan fingerprint density at radius 2 is 1.67 bits per heavy atom. The number of hydrogen-bond acceptors (Lipinski definition) is 2. The van der Waals surface area contributed by atoms with Gasteiger partial charge < -0.3 is 0 Å². The van der Waals surface area contributed by atoms with E-state index in [1.54, 1.807) is 0 Å². The molecule has 0 aromatic heterocycles. The minimum atomic E-state index is -0.354. The average Bonchev–Trinajstić information content (AvgIpc) is 2.46. The number of nitrogens with zero attached hydrogens (tertiary/aromatic N) is 1. The molecule has 3 nitrogen and oxygen atoms in total. The second-order valence-corrected chi connectivity index (χ2v) is 4.61. The van der Waals surface area contributed by atoms with Gasteiger partial charge >= 0.3 is 0 Å². The van der Waals surface area contributed by atoms with Gasteiger partial charge in [-0.15, -0.1) is 0 Å². The van der Waals surface area contributed by atoms with Gasteiger partial charge in [0, 0.05) is 17.7 Å². The predicted octanol–water partition coefficient (Wildman–Crippen LogP) is 2.27. The van der Waals surface area contributed by atoms with Crippen LogP contribution in [0.1, 0.15) is 46.5 Å².